The molecule has 10 nitrogen and oxygen atoms in total. The van der Waals surface area contributed by atoms with Gasteiger partial charge in [0.25, 0.3) is 0 Å². The van der Waals surface area contributed by atoms with Crippen LogP contribution in [-0.4, -0.2) is 74.0 Å². The van der Waals surface area contributed by atoms with E-state index in [0.717, 1.165) is 24.8 Å². The molecule has 0 unspecified atom stereocenters. The van der Waals surface area contributed by atoms with Crippen LogP contribution in [0.1, 0.15) is 69.3 Å². The summed E-state index contributed by atoms with van der Waals surface area (Å²) < 4.78 is 26.4. The number of imidazole rings is 1. The van der Waals surface area contributed by atoms with Gasteiger partial charge in [-0.25, -0.2) is 24.1 Å². The molecule has 1 aromatic carbocycles. The van der Waals surface area contributed by atoms with E-state index in [1.165, 1.54) is 19.4 Å². The molecule has 2 bridgehead atoms. The van der Waals surface area contributed by atoms with Gasteiger partial charge in [-0.1, -0.05) is 25.4 Å². The van der Waals surface area contributed by atoms with Crippen molar-refractivity contribution in [2.75, 3.05) is 19.0 Å². The number of ether oxygens (including phenoxy) is 2. The number of nitrogens with zero attached hydrogens (tertiary/aromatic N) is 4. The standard InChI is InChI=1S/C27H32ClFN6O4/c1-12(2)20-14(10-16(29)22-23(20)33-25(32-22)18-5-4-8-35(18)27(37)38-3)21-15(28)11-30-26(34-21)31-17-9-13-6-7-19(39-13)24(17)36/h10-13,17-19,24,36H,4-9H2,1-3H3,(H,32,33)(H,30,31,34)/t13-,17-,18-,19+,24+/m1/s1. The van der Waals surface area contributed by atoms with Gasteiger partial charge in [-0.15, -0.1) is 0 Å². The zero-order valence-electron chi connectivity index (χ0n) is 22.1. The average Bonchev–Trinajstić information content (AvgIpc) is 3.66. The number of halogens is 2. The smallest absolute Gasteiger partial charge is 0.410 e. The Morgan fingerprint density at radius 1 is 1.33 bits per heavy atom. The van der Waals surface area contributed by atoms with Gasteiger partial charge < -0.3 is 24.9 Å². The first-order valence-corrected chi connectivity index (χ1v) is 13.8. The van der Waals surface area contributed by atoms with E-state index < -0.39 is 18.0 Å². The number of anilines is 1. The van der Waals surface area contributed by atoms with E-state index in [1.807, 2.05) is 13.8 Å². The van der Waals surface area contributed by atoms with Crippen LogP contribution < -0.4 is 5.32 Å². The summed E-state index contributed by atoms with van der Waals surface area (Å²) in [6, 6.07) is 0.831. The predicted octanol–water partition coefficient (Wildman–Crippen LogP) is 4.93. The van der Waals surface area contributed by atoms with Crippen LogP contribution in [0, 0.1) is 5.82 Å². The quantitative estimate of drug-likeness (QED) is 0.402. The Labute approximate surface area is 230 Å². The summed E-state index contributed by atoms with van der Waals surface area (Å²) in [4.78, 5) is 30.8. The topological polar surface area (TPSA) is 125 Å². The van der Waals surface area contributed by atoms with E-state index >= 15 is 4.39 Å². The molecule has 208 valence electrons. The van der Waals surface area contributed by atoms with E-state index in [-0.39, 0.29) is 40.7 Å². The molecule has 6 rings (SSSR count). The highest BCUT2D eigenvalue weighted by atomic mass is 35.5. The van der Waals surface area contributed by atoms with Crippen LogP contribution in [0.4, 0.5) is 15.1 Å². The number of fused-ring (bicyclic) bond motifs is 3. The number of aliphatic hydroxyl groups excluding tert-OH is 1. The minimum Gasteiger partial charge on any atom is -0.453 e. The molecule has 5 atom stereocenters. The second-order valence-electron chi connectivity index (χ2n) is 10.9. The Hall–Kier alpha value is -3.02. The summed E-state index contributed by atoms with van der Waals surface area (Å²) in [6.45, 7) is 4.57. The van der Waals surface area contributed by atoms with E-state index in [0.29, 0.717) is 47.9 Å². The van der Waals surface area contributed by atoms with E-state index in [4.69, 9.17) is 21.1 Å². The van der Waals surface area contributed by atoms with Gasteiger partial charge in [-0.05, 0) is 49.7 Å². The number of rotatable bonds is 5. The van der Waals surface area contributed by atoms with Gasteiger partial charge in [0.05, 0.1) is 53.8 Å². The van der Waals surface area contributed by atoms with Crippen molar-refractivity contribution in [3.63, 3.8) is 0 Å². The van der Waals surface area contributed by atoms with Crippen LogP contribution in [-0.2, 0) is 9.47 Å². The van der Waals surface area contributed by atoms with Gasteiger partial charge in [0.2, 0.25) is 5.95 Å². The number of aromatic amines is 1. The zero-order chi connectivity index (χ0) is 27.4. The number of likely N-dealkylation sites (tertiary alicyclic amines) is 1. The molecule has 3 aliphatic heterocycles. The fraction of sp³-hybridized carbons (Fsp3) is 0.556. The number of methoxy groups -OCH3 is 1. The Morgan fingerprint density at radius 2 is 2.15 bits per heavy atom. The van der Waals surface area contributed by atoms with Crippen molar-refractivity contribution < 1.29 is 23.8 Å². The van der Waals surface area contributed by atoms with Gasteiger partial charge >= 0.3 is 6.09 Å². The van der Waals surface area contributed by atoms with Crippen LogP contribution in [0.25, 0.3) is 22.3 Å². The number of aliphatic hydroxyl groups is 1. The Balaban J connectivity index is 1.40. The third kappa shape index (κ3) is 4.60. The van der Waals surface area contributed by atoms with Crippen molar-refractivity contribution in [3.8, 4) is 11.3 Å². The van der Waals surface area contributed by atoms with Crippen molar-refractivity contribution in [3.05, 3.63) is 34.5 Å². The summed E-state index contributed by atoms with van der Waals surface area (Å²) >= 11 is 6.59. The van der Waals surface area contributed by atoms with E-state index in [1.54, 1.807) is 4.90 Å². The highest BCUT2D eigenvalue weighted by Gasteiger charge is 2.42. The number of benzene rings is 1. The van der Waals surface area contributed by atoms with E-state index in [9.17, 15) is 9.90 Å². The highest BCUT2D eigenvalue weighted by Crippen LogP contribution is 2.40. The molecule has 3 aliphatic rings. The SMILES string of the molecule is COC(=O)N1CCC[C@@H]1c1nc2c(F)cc(-c3nc(N[C@@H]4C[C@H]5CC[C@H](O5)[C@H]4O)ncc3Cl)c(C(C)C)c2[nH]1. The first-order valence-electron chi connectivity index (χ1n) is 13.4. The second-order valence-corrected chi connectivity index (χ2v) is 11.3. The Morgan fingerprint density at radius 3 is 2.92 bits per heavy atom. The van der Waals surface area contributed by atoms with Crippen molar-refractivity contribution in [1.29, 1.82) is 0 Å². The summed E-state index contributed by atoms with van der Waals surface area (Å²) in [5, 5.41) is 14.3. The normalized spacial score (nSPS) is 26.5. The molecule has 1 amide bonds. The van der Waals surface area contributed by atoms with Gasteiger partial charge in [-0.2, -0.15) is 0 Å². The number of hydrogen-bond donors (Lipinski definition) is 3. The summed E-state index contributed by atoms with van der Waals surface area (Å²) in [7, 11) is 1.35. The van der Waals surface area contributed by atoms with Crippen LogP contribution >= 0.6 is 11.6 Å². The van der Waals surface area contributed by atoms with Crippen LogP contribution in [0.3, 0.4) is 0 Å². The molecule has 39 heavy (non-hydrogen) atoms. The molecule has 3 aromatic rings. The maximum atomic E-state index is 15.6. The zero-order valence-corrected chi connectivity index (χ0v) is 22.8. The molecular formula is C27H32ClFN6O4. The van der Waals surface area contributed by atoms with Gasteiger partial charge in [0, 0.05) is 12.1 Å². The average molecular weight is 559 g/mol. The lowest BCUT2D eigenvalue weighted by Crippen LogP contribution is -2.47. The number of H-pyrrole nitrogens is 1. The maximum absolute atomic E-state index is 15.6. The second kappa shape index (κ2) is 10.2. The van der Waals surface area contributed by atoms with Gasteiger partial charge in [0.1, 0.15) is 17.4 Å². The first-order chi connectivity index (χ1) is 18.7. The Bertz CT molecular complexity index is 1420. The molecule has 0 spiro atoms. The predicted molar refractivity (Wildman–Crippen MR) is 143 cm³/mol. The van der Waals surface area contributed by atoms with Gasteiger partial charge in [0.15, 0.2) is 5.82 Å². The highest BCUT2D eigenvalue weighted by molar-refractivity contribution is 6.33. The number of amides is 1. The Kier molecular flexibility index (Phi) is 6.84. The monoisotopic (exact) mass is 558 g/mol. The molecule has 0 saturated carbocycles. The first kappa shape index (κ1) is 26.2. The summed E-state index contributed by atoms with van der Waals surface area (Å²) in [5.74, 6) is 0.271. The molecule has 3 N–H and O–H groups in total. The number of nitrogens with one attached hydrogen (secondary N) is 2. The largest absolute Gasteiger partial charge is 0.453 e. The molecule has 5 heterocycles. The number of aromatic nitrogens is 4. The third-order valence-corrected chi connectivity index (χ3v) is 8.37. The molecule has 0 aliphatic carbocycles. The van der Waals surface area contributed by atoms with Crippen LogP contribution in [0.5, 0.6) is 0 Å². The van der Waals surface area contributed by atoms with Crippen LogP contribution in [0.15, 0.2) is 12.3 Å². The molecular weight excluding hydrogens is 527 g/mol. The number of hydrogen-bond acceptors (Lipinski definition) is 8. The number of carbonyl (C=O) groups excluding carboxylic acids is 1. The lowest BCUT2D eigenvalue weighted by Gasteiger charge is -2.34. The molecule has 0 radical (unpaired) electrons. The van der Waals surface area contributed by atoms with E-state index in [2.05, 4.69) is 25.3 Å². The van der Waals surface area contributed by atoms with Gasteiger partial charge in [-0.3, -0.25) is 4.90 Å². The van der Waals surface area contributed by atoms with Crippen LogP contribution in [0.2, 0.25) is 5.02 Å². The van der Waals surface area contributed by atoms with Crippen molar-refractivity contribution in [2.24, 2.45) is 0 Å². The van der Waals surface area contributed by atoms with Crippen molar-refractivity contribution in [1.82, 2.24) is 24.8 Å². The third-order valence-electron chi connectivity index (χ3n) is 8.10. The van der Waals surface area contributed by atoms with Crippen molar-refractivity contribution >= 4 is 34.7 Å². The fourth-order valence-corrected chi connectivity index (χ4v) is 6.48. The summed E-state index contributed by atoms with van der Waals surface area (Å²) in [5.41, 5.74) is 2.48. The molecule has 12 heteroatoms. The van der Waals surface area contributed by atoms with Crippen molar-refractivity contribution in [2.45, 2.75) is 82.3 Å². The number of carbonyl (C=O) groups is 1. The molecule has 3 fully saturated rings. The minimum absolute atomic E-state index is 0.0351. The lowest BCUT2D eigenvalue weighted by atomic mass is 9.93. The minimum atomic E-state index is -0.671. The fourth-order valence-electron chi connectivity index (χ4n) is 6.28. The molecule has 3 saturated heterocycles. The maximum Gasteiger partial charge on any atom is 0.410 e. The molecule has 2 aromatic heterocycles. The summed E-state index contributed by atoms with van der Waals surface area (Å²) in [6.07, 6.45) is 4.21. The lowest BCUT2D eigenvalue weighted by molar-refractivity contribution is -0.0811.